The number of hydrogen-bond donors (Lipinski definition) is 2. The maximum absolute atomic E-state index is 11.5. The first-order valence-electron chi connectivity index (χ1n) is 5.88. The molecule has 2 rings (SSSR count). The fourth-order valence-electron chi connectivity index (χ4n) is 2.01. The van der Waals surface area contributed by atoms with E-state index in [0.29, 0.717) is 10.6 Å². The lowest BCUT2D eigenvalue weighted by Crippen LogP contribution is -2.42. The number of nitrogen functional groups attached to an aromatic ring is 1. The smallest absolute Gasteiger partial charge is 0.350 e. The summed E-state index contributed by atoms with van der Waals surface area (Å²) in [7, 11) is 1.35. The van der Waals surface area contributed by atoms with E-state index in [1.807, 2.05) is 6.92 Å². The Morgan fingerprint density at radius 2 is 2.17 bits per heavy atom. The number of aliphatic hydroxyl groups is 1. The van der Waals surface area contributed by atoms with Crippen molar-refractivity contribution in [2.75, 3.05) is 30.8 Å². The van der Waals surface area contributed by atoms with Crippen LogP contribution < -0.4 is 10.6 Å². The van der Waals surface area contributed by atoms with E-state index in [1.54, 1.807) is 6.07 Å². The van der Waals surface area contributed by atoms with Crippen LogP contribution in [0, 0.1) is 0 Å². The molecule has 0 saturated carbocycles. The van der Waals surface area contributed by atoms with Gasteiger partial charge in [0.25, 0.3) is 0 Å². The molecule has 1 aliphatic rings. The number of methoxy groups -OCH3 is 1. The van der Waals surface area contributed by atoms with E-state index in [1.165, 1.54) is 18.4 Å². The highest BCUT2D eigenvalue weighted by Gasteiger charge is 2.28. The average molecular weight is 270 g/mol. The Morgan fingerprint density at radius 1 is 1.56 bits per heavy atom. The molecule has 0 spiro atoms. The molecule has 5 nitrogen and oxygen atoms in total. The third kappa shape index (κ3) is 2.59. The topological polar surface area (TPSA) is 75.8 Å². The number of piperidine rings is 1. The number of esters is 1. The number of anilines is 2. The number of carbonyl (C=O) groups excluding carboxylic acids is 1. The number of ether oxygens (including phenoxy) is 1. The summed E-state index contributed by atoms with van der Waals surface area (Å²) in [5, 5.41) is 10.9. The Hall–Kier alpha value is -1.27. The van der Waals surface area contributed by atoms with Crippen molar-refractivity contribution in [3.8, 4) is 0 Å². The summed E-state index contributed by atoms with van der Waals surface area (Å²) in [6, 6.07) is 1.80. The molecule has 18 heavy (non-hydrogen) atoms. The van der Waals surface area contributed by atoms with Crippen molar-refractivity contribution in [2.24, 2.45) is 0 Å². The number of thiophene rings is 1. The van der Waals surface area contributed by atoms with Crippen LogP contribution in [0.5, 0.6) is 0 Å². The van der Waals surface area contributed by atoms with Crippen molar-refractivity contribution in [1.82, 2.24) is 0 Å². The highest BCUT2D eigenvalue weighted by Crippen LogP contribution is 2.35. The van der Waals surface area contributed by atoms with E-state index in [4.69, 9.17) is 5.73 Å². The Morgan fingerprint density at radius 3 is 2.72 bits per heavy atom. The van der Waals surface area contributed by atoms with Crippen LogP contribution in [-0.4, -0.2) is 36.9 Å². The third-order valence-electron chi connectivity index (χ3n) is 3.27. The monoisotopic (exact) mass is 270 g/mol. The summed E-state index contributed by atoms with van der Waals surface area (Å²) < 4.78 is 4.68. The number of nitrogens with two attached hydrogens (primary N) is 1. The minimum atomic E-state index is -0.579. The zero-order valence-corrected chi connectivity index (χ0v) is 11.4. The average Bonchev–Trinajstić information content (AvgIpc) is 2.70. The third-order valence-corrected chi connectivity index (χ3v) is 4.46. The highest BCUT2D eigenvalue weighted by molar-refractivity contribution is 7.18. The number of rotatable bonds is 2. The SMILES string of the molecule is COC(=O)c1sc(N2CCC(C)(O)CC2)cc1N. The van der Waals surface area contributed by atoms with Gasteiger partial charge in [-0.15, -0.1) is 11.3 Å². The molecule has 0 aromatic carbocycles. The number of hydrogen-bond acceptors (Lipinski definition) is 6. The van der Waals surface area contributed by atoms with Gasteiger partial charge in [-0.05, 0) is 25.8 Å². The second-order valence-electron chi connectivity index (χ2n) is 4.84. The standard InChI is InChI=1S/C12H18N2O3S/c1-12(16)3-5-14(6-4-12)9-7-8(13)10(18-9)11(15)17-2/h7,16H,3-6,13H2,1-2H3. The summed E-state index contributed by atoms with van der Waals surface area (Å²) in [5.41, 5.74) is 5.69. The van der Waals surface area contributed by atoms with E-state index < -0.39 is 11.6 Å². The van der Waals surface area contributed by atoms with Gasteiger partial charge >= 0.3 is 5.97 Å². The molecule has 0 unspecified atom stereocenters. The van der Waals surface area contributed by atoms with Gasteiger partial charge in [0.1, 0.15) is 4.88 Å². The second-order valence-corrected chi connectivity index (χ2v) is 5.88. The quantitative estimate of drug-likeness (QED) is 0.796. The lowest BCUT2D eigenvalue weighted by molar-refractivity contribution is 0.0352. The predicted octanol–water partition coefficient (Wildman–Crippen LogP) is 1.47. The van der Waals surface area contributed by atoms with E-state index in [9.17, 15) is 9.90 Å². The molecule has 1 aromatic rings. The minimum absolute atomic E-state index is 0.396. The Labute approximate surface area is 110 Å². The normalized spacial score (nSPS) is 18.7. The summed E-state index contributed by atoms with van der Waals surface area (Å²) in [5.74, 6) is -0.396. The molecule has 0 aliphatic carbocycles. The molecule has 0 radical (unpaired) electrons. The predicted molar refractivity (Wildman–Crippen MR) is 72.1 cm³/mol. The fourth-order valence-corrected chi connectivity index (χ4v) is 3.06. The van der Waals surface area contributed by atoms with Crippen LogP contribution in [-0.2, 0) is 4.74 Å². The van der Waals surface area contributed by atoms with Gasteiger partial charge in [-0.3, -0.25) is 0 Å². The van der Waals surface area contributed by atoms with Crippen molar-refractivity contribution >= 4 is 28.0 Å². The zero-order chi connectivity index (χ0) is 13.3. The lowest BCUT2D eigenvalue weighted by atomic mass is 9.94. The second kappa shape index (κ2) is 4.78. The van der Waals surface area contributed by atoms with Crippen LogP contribution >= 0.6 is 11.3 Å². The molecule has 0 atom stereocenters. The van der Waals surface area contributed by atoms with Crippen LogP contribution in [0.25, 0.3) is 0 Å². The van der Waals surface area contributed by atoms with Crippen molar-refractivity contribution in [3.63, 3.8) is 0 Å². The molecule has 0 bridgehead atoms. The van der Waals surface area contributed by atoms with Crippen molar-refractivity contribution in [1.29, 1.82) is 0 Å². The van der Waals surface area contributed by atoms with E-state index in [0.717, 1.165) is 30.9 Å². The van der Waals surface area contributed by atoms with Crippen molar-refractivity contribution in [3.05, 3.63) is 10.9 Å². The van der Waals surface area contributed by atoms with E-state index >= 15 is 0 Å². The molecule has 1 saturated heterocycles. The molecule has 3 N–H and O–H groups in total. The van der Waals surface area contributed by atoms with Gasteiger partial charge in [-0.1, -0.05) is 0 Å². The van der Waals surface area contributed by atoms with E-state index in [-0.39, 0.29) is 0 Å². The van der Waals surface area contributed by atoms with Gasteiger partial charge in [-0.2, -0.15) is 0 Å². The van der Waals surface area contributed by atoms with Gasteiger partial charge in [0.2, 0.25) is 0 Å². The van der Waals surface area contributed by atoms with Crippen molar-refractivity contribution in [2.45, 2.75) is 25.4 Å². The molecule has 100 valence electrons. The van der Waals surface area contributed by atoms with Gasteiger partial charge < -0.3 is 20.5 Å². The first-order valence-corrected chi connectivity index (χ1v) is 6.69. The maximum atomic E-state index is 11.5. The lowest BCUT2D eigenvalue weighted by Gasteiger charge is -2.36. The Bertz CT molecular complexity index is 446. The maximum Gasteiger partial charge on any atom is 0.350 e. The van der Waals surface area contributed by atoms with Crippen LogP contribution in [0.15, 0.2) is 6.07 Å². The van der Waals surface area contributed by atoms with Crippen LogP contribution in [0.1, 0.15) is 29.4 Å². The van der Waals surface area contributed by atoms with Gasteiger partial charge in [-0.25, -0.2) is 4.79 Å². The molecule has 6 heteroatoms. The van der Waals surface area contributed by atoms with Crippen LogP contribution in [0.3, 0.4) is 0 Å². The van der Waals surface area contributed by atoms with Gasteiger partial charge in [0, 0.05) is 13.1 Å². The Balaban J connectivity index is 2.13. The highest BCUT2D eigenvalue weighted by atomic mass is 32.1. The van der Waals surface area contributed by atoms with Crippen LogP contribution in [0.2, 0.25) is 0 Å². The van der Waals surface area contributed by atoms with Gasteiger partial charge in [0.15, 0.2) is 0 Å². The minimum Gasteiger partial charge on any atom is -0.465 e. The van der Waals surface area contributed by atoms with Gasteiger partial charge in [0.05, 0.1) is 23.4 Å². The zero-order valence-electron chi connectivity index (χ0n) is 10.6. The molecular weight excluding hydrogens is 252 g/mol. The number of carbonyl (C=O) groups is 1. The summed E-state index contributed by atoms with van der Waals surface area (Å²) >= 11 is 1.34. The molecule has 1 fully saturated rings. The molecule has 2 heterocycles. The van der Waals surface area contributed by atoms with Crippen molar-refractivity contribution < 1.29 is 14.6 Å². The van der Waals surface area contributed by atoms with Crippen LogP contribution in [0.4, 0.5) is 10.7 Å². The van der Waals surface area contributed by atoms with E-state index in [2.05, 4.69) is 9.64 Å². The molecule has 1 aliphatic heterocycles. The summed E-state index contributed by atoms with van der Waals surface area (Å²) in [6.45, 7) is 3.40. The summed E-state index contributed by atoms with van der Waals surface area (Å²) in [4.78, 5) is 14.1. The summed E-state index contributed by atoms with van der Waals surface area (Å²) in [6.07, 6.45) is 1.44. The number of nitrogens with zero attached hydrogens (tertiary/aromatic N) is 1. The first-order chi connectivity index (χ1) is 8.43. The Kier molecular flexibility index (Phi) is 3.49. The molecule has 1 aromatic heterocycles. The molecular formula is C12H18N2O3S. The fraction of sp³-hybridized carbons (Fsp3) is 0.583. The molecule has 0 amide bonds. The first kappa shape index (κ1) is 13.2. The largest absolute Gasteiger partial charge is 0.465 e.